The van der Waals surface area contributed by atoms with Crippen molar-refractivity contribution in [3.05, 3.63) is 60.6 Å². The van der Waals surface area contributed by atoms with Gasteiger partial charge in [-0.2, -0.15) is 4.98 Å². The van der Waals surface area contributed by atoms with Crippen LogP contribution in [0.2, 0.25) is 0 Å². The van der Waals surface area contributed by atoms with Crippen LogP contribution in [0.3, 0.4) is 0 Å². The minimum Gasteiger partial charge on any atom is -0.361 e. The van der Waals surface area contributed by atoms with E-state index >= 15 is 0 Å². The Morgan fingerprint density at radius 2 is 1.72 bits per heavy atom. The van der Waals surface area contributed by atoms with Gasteiger partial charge in [-0.1, -0.05) is 0 Å². The van der Waals surface area contributed by atoms with Crippen molar-refractivity contribution in [2.24, 2.45) is 0 Å². The van der Waals surface area contributed by atoms with Crippen molar-refractivity contribution in [1.29, 1.82) is 0 Å². The summed E-state index contributed by atoms with van der Waals surface area (Å²) in [6, 6.07) is 11.4. The molecule has 1 N–H and O–H groups in total. The van der Waals surface area contributed by atoms with Crippen LogP contribution in [0.15, 0.2) is 55.0 Å². The van der Waals surface area contributed by atoms with Crippen LogP contribution < -0.4 is 15.1 Å². The molecule has 0 spiro atoms. The minimum atomic E-state index is -0.179. The third kappa shape index (κ3) is 4.23. The molecule has 3 heterocycles. The molecular weight excluding hydrogens is 364 g/mol. The lowest BCUT2D eigenvalue weighted by Gasteiger charge is -2.28. The highest BCUT2D eigenvalue weighted by Gasteiger charge is 2.18. The quantitative estimate of drug-likeness (QED) is 0.721. The second-order valence-corrected chi connectivity index (χ2v) is 7.44. The molecule has 1 aromatic carbocycles. The van der Waals surface area contributed by atoms with E-state index in [4.69, 9.17) is 4.98 Å². The second-order valence-electron chi connectivity index (χ2n) is 7.44. The Kier molecular flexibility index (Phi) is 5.46. The number of carbonyl (C=O) groups is 1. The molecule has 1 aliphatic heterocycles. The van der Waals surface area contributed by atoms with Gasteiger partial charge in [-0.25, -0.2) is 4.98 Å². The summed E-state index contributed by atoms with van der Waals surface area (Å²) in [7, 11) is 3.84. The fourth-order valence-corrected chi connectivity index (χ4v) is 3.53. The van der Waals surface area contributed by atoms with Gasteiger partial charge in [0.1, 0.15) is 5.69 Å². The van der Waals surface area contributed by atoms with Gasteiger partial charge in [-0.3, -0.25) is 4.79 Å². The molecular formula is C22H26N6O. The number of aromatic nitrogens is 3. The molecule has 1 saturated heterocycles. The summed E-state index contributed by atoms with van der Waals surface area (Å²) in [5, 5.41) is 2.96. The third-order valence-electron chi connectivity index (χ3n) is 5.10. The van der Waals surface area contributed by atoms with Crippen molar-refractivity contribution in [1.82, 2.24) is 14.5 Å². The van der Waals surface area contributed by atoms with Crippen LogP contribution in [0.4, 0.5) is 17.5 Å². The van der Waals surface area contributed by atoms with E-state index in [9.17, 15) is 4.79 Å². The summed E-state index contributed by atoms with van der Waals surface area (Å²) in [5.74, 6) is 1.25. The van der Waals surface area contributed by atoms with E-state index in [0.717, 1.165) is 37.6 Å². The summed E-state index contributed by atoms with van der Waals surface area (Å²) in [6.45, 7) is 1.96. The Labute approximate surface area is 171 Å². The molecule has 0 saturated carbocycles. The van der Waals surface area contributed by atoms with E-state index in [-0.39, 0.29) is 5.91 Å². The Morgan fingerprint density at radius 1 is 1.03 bits per heavy atom. The lowest BCUT2D eigenvalue weighted by atomic mass is 10.1. The van der Waals surface area contributed by atoms with Gasteiger partial charge in [-0.15, -0.1) is 0 Å². The summed E-state index contributed by atoms with van der Waals surface area (Å²) >= 11 is 0. The summed E-state index contributed by atoms with van der Waals surface area (Å²) in [5.41, 5.74) is 2.20. The Balaban J connectivity index is 1.52. The van der Waals surface area contributed by atoms with Crippen LogP contribution in [0.1, 0.15) is 29.6 Å². The first-order chi connectivity index (χ1) is 14.1. The van der Waals surface area contributed by atoms with Gasteiger partial charge < -0.3 is 19.7 Å². The van der Waals surface area contributed by atoms with Gasteiger partial charge in [0.2, 0.25) is 5.95 Å². The van der Waals surface area contributed by atoms with E-state index in [0.29, 0.717) is 17.1 Å². The molecule has 7 nitrogen and oxygen atoms in total. The maximum Gasteiger partial charge on any atom is 0.255 e. The number of anilines is 3. The summed E-state index contributed by atoms with van der Waals surface area (Å²) in [6.07, 6.45) is 9.24. The van der Waals surface area contributed by atoms with Crippen LogP contribution in [0.25, 0.3) is 5.69 Å². The van der Waals surface area contributed by atoms with E-state index in [1.54, 1.807) is 6.20 Å². The van der Waals surface area contributed by atoms with Crippen LogP contribution in [0.5, 0.6) is 0 Å². The number of hydrogen-bond acceptors (Lipinski definition) is 5. The number of amides is 1. The molecule has 0 bridgehead atoms. The molecule has 1 amide bonds. The molecule has 150 valence electrons. The van der Waals surface area contributed by atoms with Gasteiger partial charge >= 0.3 is 0 Å². The monoisotopic (exact) mass is 390 g/mol. The highest BCUT2D eigenvalue weighted by Crippen LogP contribution is 2.25. The second kappa shape index (κ2) is 8.34. The number of rotatable bonds is 5. The lowest BCUT2D eigenvalue weighted by Crippen LogP contribution is -2.31. The van der Waals surface area contributed by atoms with Crippen LogP contribution in [-0.4, -0.2) is 47.6 Å². The Morgan fingerprint density at radius 3 is 2.38 bits per heavy atom. The predicted octanol–water partition coefficient (Wildman–Crippen LogP) is 3.58. The molecule has 29 heavy (non-hydrogen) atoms. The smallest absolute Gasteiger partial charge is 0.255 e. The normalized spacial score (nSPS) is 13.9. The van der Waals surface area contributed by atoms with Crippen molar-refractivity contribution in [3.63, 3.8) is 0 Å². The first-order valence-electron chi connectivity index (χ1n) is 9.96. The summed E-state index contributed by atoms with van der Waals surface area (Å²) in [4.78, 5) is 26.1. The first kappa shape index (κ1) is 19.0. The molecule has 3 aromatic rings. The summed E-state index contributed by atoms with van der Waals surface area (Å²) < 4.78 is 2.00. The van der Waals surface area contributed by atoms with Gasteiger partial charge in [0.15, 0.2) is 5.82 Å². The molecule has 0 atom stereocenters. The van der Waals surface area contributed by atoms with Crippen molar-refractivity contribution in [2.75, 3.05) is 42.3 Å². The number of benzene rings is 1. The van der Waals surface area contributed by atoms with E-state index < -0.39 is 0 Å². The Bertz CT molecular complexity index is 959. The average Bonchev–Trinajstić information content (AvgIpc) is 3.29. The molecule has 0 radical (unpaired) electrons. The number of nitrogens with one attached hydrogen (secondary N) is 1. The number of nitrogens with zero attached hydrogens (tertiary/aromatic N) is 5. The molecule has 4 rings (SSSR count). The van der Waals surface area contributed by atoms with Crippen LogP contribution >= 0.6 is 0 Å². The van der Waals surface area contributed by atoms with E-state index in [1.165, 1.54) is 6.42 Å². The molecule has 0 unspecified atom stereocenters. The molecule has 0 aliphatic carbocycles. The third-order valence-corrected chi connectivity index (χ3v) is 5.10. The number of piperidine rings is 1. The van der Waals surface area contributed by atoms with Crippen LogP contribution in [0, 0.1) is 0 Å². The highest BCUT2D eigenvalue weighted by atomic mass is 16.1. The molecule has 2 aromatic heterocycles. The van der Waals surface area contributed by atoms with Crippen molar-refractivity contribution in [2.45, 2.75) is 19.3 Å². The van der Waals surface area contributed by atoms with Gasteiger partial charge in [-0.05, 0) is 55.7 Å². The predicted molar refractivity (Wildman–Crippen MR) is 116 cm³/mol. The molecule has 1 aliphatic rings. The maximum absolute atomic E-state index is 12.8. The van der Waals surface area contributed by atoms with Crippen molar-refractivity contribution >= 4 is 23.4 Å². The zero-order chi connectivity index (χ0) is 20.2. The number of hydrogen-bond donors (Lipinski definition) is 1. The SMILES string of the molecule is CN(C)c1nc(N2CCCCC2)ncc1NC(=O)c1ccc(-n2cccc2)cc1. The maximum atomic E-state index is 12.8. The van der Waals surface area contributed by atoms with Crippen molar-refractivity contribution in [3.8, 4) is 5.69 Å². The average molecular weight is 390 g/mol. The van der Waals surface area contributed by atoms with Gasteiger partial charge in [0.25, 0.3) is 5.91 Å². The van der Waals surface area contributed by atoms with Crippen molar-refractivity contribution < 1.29 is 4.79 Å². The fraction of sp³-hybridized carbons (Fsp3) is 0.318. The number of carbonyl (C=O) groups excluding carboxylic acids is 1. The van der Waals surface area contributed by atoms with E-state index in [2.05, 4.69) is 15.2 Å². The minimum absolute atomic E-state index is 0.179. The van der Waals surface area contributed by atoms with Gasteiger partial charge in [0.05, 0.1) is 6.20 Å². The standard InChI is InChI=1S/C22H26N6O/c1-26(2)20-19(16-23-22(25-20)28-14-4-3-5-15-28)24-21(29)17-8-10-18(11-9-17)27-12-6-7-13-27/h6-13,16H,3-5,14-15H2,1-2H3,(H,24,29). The largest absolute Gasteiger partial charge is 0.361 e. The zero-order valence-corrected chi connectivity index (χ0v) is 16.9. The Hall–Kier alpha value is -3.35. The molecule has 1 fully saturated rings. The first-order valence-corrected chi connectivity index (χ1v) is 9.96. The zero-order valence-electron chi connectivity index (χ0n) is 16.9. The molecule has 7 heteroatoms. The van der Waals surface area contributed by atoms with Crippen LogP contribution in [-0.2, 0) is 0 Å². The lowest BCUT2D eigenvalue weighted by molar-refractivity contribution is 0.102. The topological polar surface area (TPSA) is 66.3 Å². The highest BCUT2D eigenvalue weighted by molar-refractivity contribution is 6.05. The van der Waals surface area contributed by atoms with E-state index in [1.807, 2.05) is 72.4 Å². The van der Waals surface area contributed by atoms with Gasteiger partial charge in [0, 0.05) is 50.8 Å². The fourth-order valence-electron chi connectivity index (χ4n) is 3.53.